The van der Waals surface area contributed by atoms with Crippen molar-refractivity contribution >= 4 is 23.4 Å². The molecule has 0 fully saturated rings. The first-order valence-corrected chi connectivity index (χ1v) is 9.75. The summed E-state index contributed by atoms with van der Waals surface area (Å²) in [6.07, 6.45) is 0. The molecule has 4 nitrogen and oxygen atoms in total. The number of hydrogen-bond donors (Lipinski definition) is 1. The lowest BCUT2D eigenvalue weighted by atomic mass is 9.98. The molecule has 2 atom stereocenters. The Hall–Kier alpha value is -3.11. The van der Waals surface area contributed by atoms with Gasteiger partial charge in [-0.05, 0) is 49.2 Å². The second kappa shape index (κ2) is 8.93. The van der Waals surface area contributed by atoms with E-state index in [1.165, 1.54) is 4.90 Å². The van der Waals surface area contributed by atoms with Gasteiger partial charge in [-0.15, -0.1) is 0 Å². The molecule has 2 amide bonds. The molecule has 5 heteroatoms. The minimum Gasteiger partial charge on any atom is -0.368 e. The van der Waals surface area contributed by atoms with Crippen molar-refractivity contribution in [1.29, 1.82) is 0 Å². The number of hydrogen-bond acceptors (Lipinski definition) is 2. The van der Waals surface area contributed by atoms with Gasteiger partial charge in [0.05, 0.1) is 6.04 Å². The summed E-state index contributed by atoms with van der Waals surface area (Å²) in [7, 11) is 0. The molecule has 0 unspecified atom stereocenters. The Morgan fingerprint density at radius 2 is 1.52 bits per heavy atom. The van der Waals surface area contributed by atoms with Gasteiger partial charge in [0, 0.05) is 10.6 Å². The van der Waals surface area contributed by atoms with E-state index >= 15 is 0 Å². The zero-order chi connectivity index (χ0) is 21.0. The van der Waals surface area contributed by atoms with Gasteiger partial charge in [-0.25, -0.2) is 0 Å². The third-order valence-electron chi connectivity index (χ3n) is 4.94. The van der Waals surface area contributed by atoms with Crippen LogP contribution in [0.25, 0.3) is 0 Å². The number of amides is 2. The van der Waals surface area contributed by atoms with Crippen molar-refractivity contribution in [2.75, 3.05) is 0 Å². The van der Waals surface area contributed by atoms with Gasteiger partial charge in [-0.3, -0.25) is 9.59 Å². The van der Waals surface area contributed by atoms with Crippen LogP contribution in [0.3, 0.4) is 0 Å². The second-order valence-electron chi connectivity index (χ2n) is 7.03. The summed E-state index contributed by atoms with van der Waals surface area (Å²) in [5.74, 6) is -0.865. The van der Waals surface area contributed by atoms with E-state index in [9.17, 15) is 9.59 Å². The normalized spacial score (nSPS) is 12.8. The van der Waals surface area contributed by atoms with Gasteiger partial charge in [-0.1, -0.05) is 71.8 Å². The van der Waals surface area contributed by atoms with E-state index in [4.69, 9.17) is 17.3 Å². The number of halogens is 1. The van der Waals surface area contributed by atoms with Gasteiger partial charge >= 0.3 is 0 Å². The van der Waals surface area contributed by atoms with Crippen molar-refractivity contribution in [3.63, 3.8) is 0 Å². The number of primary amides is 1. The lowest BCUT2D eigenvalue weighted by Crippen LogP contribution is -2.43. The minimum atomic E-state index is -0.918. The van der Waals surface area contributed by atoms with Gasteiger partial charge < -0.3 is 10.6 Å². The highest BCUT2D eigenvalue weighted by atomic mass is 35.5. The number of aryl methyl sites for hydroxylation is 1. The van der Waals surface area contributed by atoms with Crippen LogP contribution in [-0.2, 0) is 4.79 Å². The maximum Gasteiger partial charge on any atom is 0.255 e. The fourth-order valence-electron chi connectivity index (χ4n) is 3.39. The quantitative estimate of drug-likeness (QED) is 0.620. The Morgan fingerprint density at radius 1 is 0.897 bits per heavy atom. The number of benzene rings is 3. The lowest BCUT2D eigenvalue weighted by Gasteiger charge is -2.35. The fraction of sp³-hybridized carbons (Fsp3) is 0.167. The highest BCUT2D eigenvalue weighted by molar-refractivity contribution is 6.30. The van der Waals surface area contributed by atoms with Gasteiger partial charge in [0.15, 0.2) is 0 Å². The molecule has 148 valence electrons. The molecule has 0 saturated heterocycles. The van der Waals surface area contributed by atoms with E-state index in [1.54, 1.807) is 36.4 Å². The van der Waals surface area contributed by atoms with Crippen LogP contribution in [0.2, 0.25) is 5.02 Å². The highest BCUT2D eigenvalue weighted by Gasteiger charge is 2.34. The van der Waals surface area contributed by atoms with Gasteiger partial charge in [0.25, 0.3) is 5.91 Å². The van der Waals surface area contributed by atoms with Gasteiger partial charge in [0.1, 0.15) is 6.04 Å². The van der Waals surface area contributed by atoms with Crippen LogP contribution in [0.15, 0.2) is 78.9 Å². The summed E-state index contributed by atoms with van der Waals surface area (Å²) in [6.45, 7) is 3.83. The maximum atomic E-state index is 13.6. The molecule has 0 saturated carbocycles. The first-order valence-electron chi connectivity index (χ1n) is 9.37. The van der Waals surface area contributed by atoms with Crippen molar-refractivity contribution in [1.82, 2.24) is 4.90 Å². The molecule has 3 aromatic carbocycles. The number of carbonyl (C=O) groups is 2. The Kier molecular flexibility index (Phi) is 6.35. The summed E-state index contributed by atoms with van der Waals surface area (Å²) in [6, 6.07) is 22.3. The summed E-state index contributed by atoms with van der Waals surface area (Å²) in [5, 5.41) is 0.562. The van der Waals surface area contributed by atoms with Crippen LogP contribution in [0.1, 0.15) is 46.1 Å². The number of carbonyl (C=O) groups excluding carboxylic acids is 2. The Labute approximate surface area is 175 Å². The molecule has 2 N–H and O–H groups in total. The molecule has 0 aromatic heterocycles. The molecular formula is C24H23ClN2O2. The third-order valence-corrected chi connectivity index (χ3v) is 5.18. The van der Waals surface area contributed by atoms with Crippen LogP contribution >= 0.6 is 11.6 Å². The third kappa shape index (κ3) is 4.66. The molecule has 0 bridgehead atoms. The average molecular weight is 407 g/mol. The van der Waals surface area contributed by atoms with Crippen molar-refractivity contribution in [2.24, 2.45) is 5.73 Å². The highest BCUT2D eigenvalue weighted by Crippen LogP contribution is 2.33. The maximum absolute atomic E-state index is 13.6. The SMILES string of the molecule is Cc1ccc(C(=O)N([C@H](C)c2cccc(Cl)c2)[C@H](C(N)=O)c2ccccc2)cc1. The predicted molar refractivity (Wildman–Crippen MR) is 116 cm³/mol. The van der Waals surface area contributed by atoms with E-state index in [-0.39, 0.29) is 5.91 Å². The molecule has 0 heterocycles. The van der Waals surface area contributed by atoms with Crippen LogP contribution in [0.5, 0.6) is 0 Å². The molecule has 0 spiro atoms. The Bertz CT molecular complexity index is 1000. The van der Waals surface area contributed by atoms with Crippen molar-refractivity contribution in [3.8, 4) is 0 Å². The summed E-state index contributed by atoms with van der Waals surface area (Å²) in [5.41, 5.74) is 8.82. The molecular weight excluding hydrogens is 384 g/mol. The molecule has 0 aliphatic rings. The van der Waals surface area contributed by atoms with E-state index in [1.807, 2.05) is 56.3 Å². The molecule has 0 aliphatic heterocycles. The van der Waals surface area contributed by atoms with E-state index in [0.29, 0.717) is 16.1 Å². The second-order valence-corrected chi connectivity index (χ2v) is 7.46. The Balaban J connectivity index is 2.12. The topological polar surface area (TPSA) is 63.4 Å². The molecule has 3 rings (SSSR count). The van der Waals surface area contributed by atoms with Gasteiger partial charge in [0.2, 0.25) is 5.91 Å². The predicted octanol–water partition coefficient (Wildman–Crippen LogP) is 5.08. The molecule has 29 heavy (non-hydrogen) atoms. The van der Waals surface area contributed by atoms with Crippen LogP contribution < -0.4 is 5.73 Å². The summed E-state index contributed by atoms with van der Waals surface area (Å²) in [4.78, 5) is 27.6. The van der Waals surface area contributed by atoms with E-state index in [2.05, 4.69) is 0 Å². The standard InChI is InChI=1S/C24H23ClN2O2/c1-16-11-13-19(14-12-16)24(29)27(17(2)20-9-6-10-21(25)15-20)22(23(26)28)18-7-4-3-5-8-18/h3-15,17,22H,1-2H3,(H2,26,28)/t17-,22+/m1/s1. The van der Waals surface area contributed by atoms with Crippen molar-refractivity contribution in [3.05, 3.63) is 106 Å². The zero-order valence-electron chi connectivity index (χ0n) is 16.4. The smallest absolute Gasteiger partial charge is 0.255 e. The fourth-order valence-corrected chi connectivity index (χ4v) is 3.59. The van der Waals surface area contributed by atoms with E-state index in [0.717, 1.165) is 11.1 Å². The largest absolute Gasteiger partial charge is 0.368 e. The summed E-state index contributed by atoms with van der Waals surface area (Å²) < 4.78 is 0. The molecule has 0 aliphatic carbocycles. The number of rotatable bonds is 6. The van der Waals surface area contributed by atoms with Gasteiger partial charge in [-0.2, -0.15) is 0 Å². The first-order chi connectivity index (χ1) is 13.9. The van der Waals surface area contributed by atoms with E-state index < -0.39 is 18.0 Å². The number of nitrogens with two attached hydrogens (primary N) is 1. The lowest BCUT2D eigenvalue weighted by molar-refractivity contribution is -0.123. The number of nitrogens with zero attached hydrogens (tertiary/aromatic N) is 1. The average Bonchev–Trinajstić information content (AvgIpc) is 2.72. The zero-order valence-corrected chi connectivity index (χ0v) is 17.1. The van der Waals surface area contributed by atoms with Crippen LogP contribution in [-0.4, -0.2) is 16.7 Å². The van der Waals surface area contributed by atoms with Crippen molar-refractivity contribution in [2.45, 2.75) is 25.9 Å². The molecule has 0 radical (unpaired) electrons. The summed E-state index contributed by atoms with van der Waals surface area (Å²) >= 11 is 6.17. The van der Waals surface area contributed by atoms with Crippen molar-refractivity contribution < 1.29 is 9.59 Å². The first kappa shape index (κ1) is 20.6. The van der Waals surface area contributed by atoms with Crippen LogP contribution in [0, 0.1) is 6.92 Å². The Morgan fingerprint density at radius 3 is 2.10 bits per heavy atom. The minimum absolute atomic E-state index is 0.273. The molecule has 3 aromatic rings. The monoisotopic (exact) mass is 406 g/mol. The van der Waals surface area contributed by atoms with Crippen LogP contribution in [0.4, 0.5) is 0 Å².